The zero-order valence-corrected chi connectivity index (χ0v) is 9.47. The average Bonchev–Trinajstić information content (AvgIpc) is 2.34. The molecule has 3 nitrogen and oxygen atoms in total. The standard InChI is InChI=1S/C11H5ClF3NO2/c12-3-10(18)8-1-7(5-17)6(4-16)2-9(8)11(13,14)15/h1-2,5H,3H2. The van der Waals surface area contributed by atoms with Crippen LogP contribution in [0.1, 0.15) is 31.8 Å². The molecule has 0 atom stereocenters. The number of ketones is 1. The van der Waals surface area contributed by atoms with Gasteiger partial charge in [-0.25, -0.2) is 0 Å². The van der Waals surface area contributed by atoms with Crippen LogP contribution in [0.25, 0.3) is 0 Å². The third-order valence-corrected chi connectivity index (χ3v) is 2.41. The van der Waals surface area contributed by atoms with Crippen LogP contribution in [0.4, 0.5) is 13.2 Å². The van der Waals surface area contributed by atoms with Gasteiger partial charge in [0.1, 0.15) is 0 Å². The highest BCUT2D eigenvalue weighted by molar-refractivity contribution is 6.30. The summed E-state index contributed by atoms with van der Waals surface area (Å²) in [6.45, 7) is 0. The van der Waals surface area contributed by atoms with Gasteiger partial charge in [-0.05, 0) is 12.1 Å². The first kappa shape index (κ1) is 14.2. The number of aldehydes is 1. The number of halogens is 4. The summed E-state index contributed by atoms with van der Waals surface area (Å²) in [4.78, 5) is 22.0. The Hall–Kier alpha value is -1.87. The largest absolute Gasteiger partial charge is 0.417 e. The molecule has 0 saturated heterocycles. The van der Waals surface area contributed by atoms with E-state index in [9.17, 15) is 22.8 Å². The van der Waals surface area contributed by atoms with E-state index in [0.29, 0.717) is 6.07 Å². The Balaban J connectivity index is 3.63. The van der Waals surface area contributed by atoms with Crippen molar-refractivity contribution in [3.63, 3.8) is 0 Å². The Labute approximate surface area is 105 Å². The van der Waals surface area contributed by atoms with Gasteiger partial charge in [-0.2, -0.15) is 18.4 Å². The number of rotatable bonds is 3. The number of Topliss-reactive ketones (excluding diaryl/α,β-unsaturated/α-hetero) is 1. The van der Waals surface area contributed by atoms with Crippen molar-refractivity contribution in [1.82, 2.24) is 0 Å². The van der Waals surface area contributed by atoms with Gasteiger partial charge >= 0.3 is 6.18 Å². The number of hydrogen-bond donors (Lipinski definition) is 0. The lowest BCUT2D eigenvalue weighted by molar-refractivity contribution is -0.137. The minimum Gasteiger partial charge on any atom is -0.298 e. The van der Waals surface area contributed by atoms with Crippen LogP contribution in [-0.2, 0) is 6.18 Å². The molecule has 0 heterocycles. The molecule has 7 heteroatoms. The van der Waals surface area contributed by atoms with Gasteiger partial charge in [0.25, 0.3) is 0 Å². The van der Waals surface area contributed by atoms with E-state index in [4.69, 9.17) is 16.9 Å². The van der Waals surface area contributed by atoms with Crippen molar-refractivity contribution >= 4 is 23.7 Å². The van der Waals surface area contributed by atoms with E-state index in [2.05, 4.69) is 0 Å². The van der Waals surface area contributed by atoms with Crippen molar-refractivity contribution in [1.29, 1.82) is 5.26 Å². The molecule has 0 unspecified atom stereocenters. The molecule has 94 valence electrons. The molecule has 1 rings (SSSR count). The summed E-state index contributed by atoms with van der Waals surface area (Å²) < 4.78 is 38.1. The molecule has 0 aliphatic carbocycles. The maximum absolute atomic E-state index is 12.7. The van der Waals surface area contributed by atoms with Crippen LogP contribution in [0, 0.1) is 11.3 Å². The highest BCUT2D eigenvalue weighted by Gasteiger charge is 2.36. The van der Waals surface area contributed by atoms with Crippen LogP contribution in [0.3, 0.4) is 0 Å². The second kappa shape index (κ2) is 5.19. The Bertz CT molecular complexity index is 546. The second-order valence-electron chi connectivity index (χ2n) is 3.27. The first-order valence-electron chi connectivity index (χ1n) is 4.54. The summed E-state index contributed by atoms with van der Waals surface area (Å²) in [7, 11) is 0. The lowest BCUT2D eigenvalue weighted by Gasteiger charge is -2.12. The number of carbonyl (C=O) groups excluding carboxylic acids is 2. The number of alkyl halides is 4. The van der Waals surface area contributed by atoms with Crippen LogP contribution < -0.4 is 0 Å². The van der Waals surface area contributed by atoms with Crippen molar-refractivity contribution in [2.75, 3.05) is 5.88 Å². The van der Waals surface area contributed by atoms with E-state index in [1.54, 1.807) is 0 Å². The van der Waals surface area contributed by atoms with Gasteiger partial charge in [0.15, 0.2) is 12.1 Å². The molecule has 0 saturated carbocycles. The SMILES string of the molecule is N#Cc1cc(C(F)(F)F)c(C(=O)CCl)cc1C=O. The molecule has 0 radical (unpaired) electrons. The quantitative estimate of drug-likeness (QED) is 0.484. The van der Waals surface area contributed by atoms with E-state index in [-0.39, 0.29) is 11.8 Å². The fourth-order valence-electron chi connectivity index (χ4n) is 1.35. The van der Waals surface area contributed by atoms with Crippen LogP contribution in [0.15, 0.2) is 12.1 Å². The summed E-state index contributed by atoms with van der Waals surface area (Å²) in [5.41, 5.74) is -2.70. The molecule has 0 aromatic heterocycles. The van der Waals surface area contributed by atoms with Gasteiger partial charge in [0, 0.05) is 11.1 Å². The molecule has 0 fully saturated rings. The fraction of sp³-hybridized carbons (Fsp3) is 0.182. The van der Waals surface area contributed by atoms with E-state index >= 15 is 0 Å². The zero-order valence-electron chi connectivity index (χ0n) is 8.71. The third kappa shape index (κ3) is 2.68. The van der Waals surface area contributed by atoms with Gasteiger partial charge in [0.05, 0.1) is 23.1 Å². The molecule has 18 heavy (non-hydrogen) atoms. The van der Waals surface area contributed by atoms with Crippen molar-refractivity contribution in [2.24, 2.45) is 0 Å². The third-order valence-electron chi connectivity index (χ3n) is 2.16. The summed E-state index contributed by atoms with van der Waals surface area (Å²) in [5, 5.41) is 8.64. The molecule has 0 bridgehead atoms. The van der Waals surface area contributed by atoms with Crippen LogP contribution in [-0.4, -0.2) is 17.9 Å². The normalized spacial score (nSPS) is 10.8. The smallest absolute Gasteiger partial charge is 0.298 e. The maximum atomic E-state index is 12.7. The molecule has 1 aromatic carbocycles. The van der Waals surface area contributed by atoms with Gasteiger partial charge in [-0.1, -0.05) is 0 Å². The van der Waals surface area contributed by atoms with E-state index in [0.717, 1.165) is 6.07 Å². The minimum atomic E-state index is -4.80. The average molecular weight is 276 g/mol. The predicted molar refractivity (Wildman–Crippen MR) is 56.6 cm³/mol. The molecule has 0 aliphatic rings. The predicted octanol–water partition coefficient (Wildman–Crippen LogP) is 2.81. The highest BCUT2D eigenvalue weighted by Crippen LogP contribution is 2.33. The van der Waals surface area contributed by atoms with Gasteiger partial charge in [-0.15, -0.1) is 11.6 Å². The summed E-state index contributed by atoms with van der Waals surface area (Å²) in [6.07, 6.45) is -4.59. The first-order valence-corrected chi connectivity index (χ1v) is 5.08. The number of carbonyl (C=O) groups is 2. The number of benzene rings is 1. The van der Waals surface area contributed by atoms with Crippen LogP contribution >= 0.6 is 11.6 Å². The molecular formula is C11H5ClF3NO2. The molecule has 1 aromatic rings. The fourth-order valence-corrected chi connectivity index (χ4v) is 1.49. The van der Waals surface area contributed by atoms with Crippen molar-refractivity contribution in [3.8, 4) is 6.07 Å². The Morgan fingerprint density at radius 1 is 1.44 bits per heavy atom. The molecule has 0 amide bonds. The van der Waals surface area contributed by atoms with E-state index in [1.165, 1.54) is 6.07 Å². The summed E-state index contributed by atoms with van der Waals surface area (Å²) >= 11 is 5.21. The van der Waals surface area contributed by atoms with Crippen LogP contribution in [0.5, 0.6) is 0 Å². The number of hydrogen-bond acceptors (Lipinski definition) is 3. The Morgan fingerprint density at radius 3 is 2.44 bits per heavy atom. The molecule has 0 spiro atoms. The number of nitrogens with zero attached hydrogens (tertiary/aromatic N) is 1. The molecule has 0 N–H and O–H groups in total. The van der Waals surface area contributed by atoms with E-state index in [1.807, 2.05) is 0 Å². The molecule has 0 aliphatic heterocycles. The lowest BCUT2D eigenvalue weighted by atomic mass is 9.97. The maximum Gasteiger partial charge on any atom is 0.417 e. The highest BCUT2D eigenvalue weighted by atomic mass is 35.5. The second-order valence-corrected chi connectivity index (χ2v) is 3.54. The first-order chi connectivity index (χ1) is 8.35. The van der Waals surface area contributed by atoms with Gasteiger partial charge in [0.2, 0.25) is 0 Å². The lowest BCUT2D eigenvalue weighted by Crippen LogP contribution is -2.15. The summed E-state index contributed by atoms with van der Waals surface area (Å²) in [6, 6.07) is 2.68. The van der Waals surface area contributed by atoms with Gasteiger partial charge < -0.3 is 0 Å². The summed E-state index contributed by atoms with van der Waals surface area (Å²) in [5.74, 6) is -1.61. The van der Waals surface area contributed by atoms with Crippen LogP contribution in [0.2, 0.25) is 0 Å². The molecular weight excluding hydrogens is 271 g/mol. The Morgan fingerprint density at radius 2 is 2.06 bits per heavy atom. The number of nitriles is 1. The minimum absolute atomic E-state index is 0.212. The van der Waals surface area contributed by atoms with Crippen molar-refractivity contribution < 1.29 is 22.8 Å². The van der Waals surface area contributed by atoms with Crippen molar-refractivity contribution in [3.05, 3.63) is 34.4 Å². The van der Waals surface area contributed by atoms with Crippen molar-refractivity contribution in [2.45, 2.75) is 6.18 Å². The van der Waals surface area contributed by atoms with Gasteiger partial charge in [-0.3, -0.25) is 9.59 Å². The monoisotopic (exact) mass is 275 g/mol. The zero-order chi connectivity index (χ0) is 13.9. The topological polar surface area (TPSA) is 57.9 Å². The Kier molecular flexibility index (Phi) is 4.09. The van der Waals surface area contributed by atoms with E-state index < -0.39 is 34.5 Å².